The van der Waals surface area contributed by atoms with Crippen LogP contribution in [0.2, 0.25) is 5.02 Å². The van der Waals surface area contributed by atoms with E-state index in [1.807, 2.05) is 6.92 Å². The number of ether oxygens (including phenoxy) is 1. The molecule has 0 saturated carbocycles. The zero-order valence-corrected chi connectivity index (χ0v) is 12.5. The number of thiol groups is 1. The summed E-state index contributed by atoms with van der Waals surface area (Å²) in [4.78, 5) is 12.9. The van der Waals surface area contributed by atoms with Crippen molar-refractivity contribution in [1.29, 1.82) is 0 Å². The molecular weight excluding hydrogens is 282 g/mol. The summed E-state index contributed by atoms with van der Waals surface area (Å²) < 4.78 is 5.33. The van der Waals surface area contributed by atoms with Gasteiger partial charge in [-0.3, -0.25) is 4.79 Å². The average molecular weight is 300 g/mol. The van der Waals surface area contributed by atoms with E-state index in [2.05, 4.69) is 17.9 Å². The molecule has 1 heterocycles. The first kappa shape index (κ1) is 14.7. The Hall–Kier alpha value is -0.710. The van der Waals surface area contributed by atoms with Gasteiger partial charge in [0.1, 0.15) is 0 Å². The molecule has 1 unspecified atom stereocenters. The largest absolute Gasteiger partial charge is 0.381 e. The summed E-state index contributed by atoms with van der Waals surface area (Å²) in [7, 11) is 0. The van der Waals surface area contributed by atoms with Crippen LogP contribution in [0.5, 0.6) is 0 Å². The Labute approximate surface area is 124 Å². The molecule has 0 bridgehead atoms. The van der Waals surface area contributed by atoms with Gasteiger partial charge in [0.2, 0.25) is 0 Å². The third kappa shape index (κ3) is 3.88. The molecule has 19 heavy (non-hydrogen) atoms. The SMILES string of the molecule is CC(NC(=O)c1cc(S)ccc1Cl)C1CCOCC1. The molecule has 1 aromatic carbocycles. The molecule has 1 aromatic rings. The first-order chi connectivity index (χ1) is 9.08. The van der Waals surface area contributed by atoms with E-state index < -0.39 is 0 Å². The van der Waals surface area contributed by atoms with Gasteiger partial charge in [0.05, 0.1) is 10.6 Å². The molecule has 1 N–H and O–H groups in total. The van der Waals surface area contributed by atoms with Gasteiger partial charge in [-0.1, -0.05) is 11.6 Å². The molecule has 1 fully saturated rings. The number of benzene rings is 1. The number of carbonyl (C=O) groups is 1. The summed E-state index contributed by atoms with van der Waals surface area (Å²) in [6, 6.07) is 5.27. The second-order valence-corrected chi connectivity index (χ2v) is 5.80. The van der Waals surface area contributed by atoms with Crippen LogP contribution >= 0.6 is 24.2 Å². The Bertz CT molecular complexity index is 461. The van der Waals surface area contributed by atoms with Gasteiger partial charge in [-0.15, -0.1) is 12.6 Å². The summed E-state index contributed by atoms with van der Waals surface area (Å²) in [6.07, 6.45) is 1.98. The summed E-state index contributed by atoms with van der Waals surface area (Å²) in [5, 5.41) is 3.47. The lowest BCUT2D eigenvalue weighted by Crippen LogP contribution is -2.40. The minimum atomic E-state index is -0.139. The minimum absolute atomic E-state index is 0.121. The zero-order valence-electron chi connectivity index (χ0n) is 10.9. The first-order valence-electron chi connectivity index (χ1n) is 6.45. The topological polar surface area (TPSA) is 38.3 Å². The van der Waals surface area contributed by atoms with Gasteiger partial charge in [-0.2, -0.15) is 0 Å². The van der Waals surface area contributed by atoms with E-state index in [9.17, 15) is 4.79 Å². The van der Waals surface area contributed by atoms with Crippen molar-refractivity contribution < 1.29 is 9.53 Å². The molecule has 104 valence electrons. The molecule has 0 radical (unpaired) electrons. The van der Waals surface area contributed by atoms with Gasteiger partial charge in [-0.25, -0.2) is 0 Å². The van der Waals surface area contributed by atoms with Gasteiger partial charge in [-0.05, 0) is 43.9 Å². The van der Waals surface area contributed by atoms with E-state index in [1.54, 1.807) is 18.2 Å². The van der Waals surface area contributed by atoms with Crippen LogP contribution in [-0.4, -0.2) is 25.2 Å². The van der Waals surface area contributed by atoms with E-state index >= 15 is 0 Å². The molecule has 0 aliphatic carbocycles. The molecule has 1 atom stereocenters. The summed E-state index contributed by atoms with van der Waals surface area (Å²) >= 11 is 10.3. The van der Waals surface area contributed by atoms with E-state index in [-0.39, 0.29) is 11.9 Å². The van der Waals surface area contributed by atoms with Crippen LogP contribution < -0.4 is 5.32 Å². The van der Waals surface area contributed by atoms with E-state index in [1.165, 1.54) is 0 Å². The molecule has 1 aliphatic rings. The standard InChI is InChI=1S/C14H18ClNO2S/c1-9(10-4-6-18-7-5-10)16-14(17)12-8-11(19)2-3-13(12)15/h2-3,8-10,19H,4-7H2,1H3,(H,16,17). The molecule has 1 amide bonds. The second kappa shape index (κ2) is 6.64. The molecule has 0 spiro atoms. The lowest BCUT2D eigenvalue weighted by atomic mass is 9.93. The molecular formula is C14H18ClNO2S. The van der Waals surface area contributed by atoms with Crippen molar-refractivity contribution in [2.45, 2.75) is 30.7 Å². The fraction of sp³-hybridized carbons (Fsp3) is 0.500. The van der Waals surface area contributed by atoms with Crippen LogP contribution in [0.4, 0.5) is 0 Å². The third-order valence-electron chi connectivity index (χ3n) is 3.53. The quantitative estimate of drug-likeness (QED) is 0.841. The molecule has 1 aliphatic heterocycles. The first-order valence-corrected chi connectivity index (χ1v) is 7.27. The predicted octanol–water partition coefficient (Wildman–Crippen LogP) is 3.17. The van der Waals surface area contributed by atoms with E-state index in [0.29, 0.717) is 16.5 Å². The summed E-state index contributed by atoms with van der Waals surface area (Å²) in [5.41, 5.74) is 0.480. The maximum absolute atomic E-state index is 12.2. The molecule has 5 heteroatoms. The van der Waals surface area contributed by atoms with Crippen molar-refractivity contribution >= 4 is 30.1 Å². The van der Waals surface area contributed by atoms with Crippen LogP contribution in [0, 0.1) is 5.92 Å². The van der Waals surface area contributed by atoms with Gasteiger partial charge in [0.15, 0.2) is 0 Å². The van der Waals surface area contributed by atoms with Crippen LogP contribution in [0.15, 0.2) is 23.1 Å². The fourth-order valence-electron chi connectivity index (χ4n) is 2.31. The van der Waals surface area contributed by atoms with E-state index in [0.717, 1.165) is 31.0 Å². The highest BCUT2D eigenvalue weighted by Crippen LogP contribution is 2.22. The smallest absolute Gasteiger partial charge is 0.253 e. The third-order valence-corrected chi connectivity index (χ3v) is 4.13. The molecule has 2 rings (SSSR count). The van der Waals surface area contributed by atoms with E-state index in [4.69, 9.17) is 16.3 Å². The summed E-state index contributed by atoms with van der Waals surface area (Å²) in [5.74, 6) is 0.329. The fourth-order valence-corrected chi connectivity index (χ4v) is 2.71. The van der Waals surface area contributed by atoms with Crippen molar-refractivity contribution in [1.82, 2.24) is 5.32 Å². The van der Waals surface area contributed by atoms with Gasteiger partial charge in [0.25, 0.3) is 5.91 Å². The zero-order chi connectivity index (χ0) is 13.8. The molecule has 0 aromatic heterocycles. The second-order valence-electron chi connectivity index (χ2n) is 4.88. The summed E-state index contributed by atoms with van der Waals surface area (Å²) in [6.45, 7) is 3.59. The lowest BCUT2D eigenvalue weighted by Gasteiger charge is -2.28. The molecule has 1 saturated heterocycles. The highest BCUT2D eigenvalue weighted by molar-refractivity contribution is 7.80. The van der Waals surface area contributed by atoms with Crippen LogP contribution in [-0.2, 0) is 4.74 Å². The van der Waals surface area contributed by atoms with Crippen LogP contribution in [0.1, 0.15) is 30.1 Å². The Morgan fingerprint density at radius 2 is 2.16 bits per heavy atom. The maximum Gasteiger partial charge on any atom is 0.253 e. The average Bonchev–Trinajstić information content (AvgIpc) is 2.42. The normalized spacial score (nSPS) is 18.1. The Kier molecular flexibility index (Phi) is 5.13. The van der Waals surface area contributed by atoms with Crippen molar-refractivity contribution in [2.24, 2.45) is 5.92 Å². The maximum atomic E-state index is 12.2. The van der Waals surface area contributed by atoms with Crippen LogP contribution in [0.3, 0.4) is 0 Å². The van der Waals surface area contributed by atoms with Crippen molar-refractivity contribution in [3.63, 3.8) is 0 Å². The lowest BCUT2D eigenvalue weighted by molar-refractivity contribution is 0.0538. The van der Waals surface area contributed by atoms with Gasteiger partial charge < -0.3 is 10.1 Å². The van der Waals surface area contributed by atoms with Gasteiger partial charge >= 0.3 is 0 Å². The predicted molar refractivity (Wildman–Crippen MR) is 79.2 cm³/mol. The Morgan fingerprint density at radius 1 is 1.47 bits per heavy atom. The van der Waals surface area contributed by atoms with Crippen LogP contribution in [0.25, 0.3) is 0 Å². The number of rotatable bonds is 3. The molecule has 3 nitrogen and oxygen atoms in total. The van der Waals surface area contributed by atoms with Crippen molar-refractivity contribution in [3.05, 3.63) is 28.8 Å². The monoisotopic (exact) mass is 299 g/mol. The number of hydrogen-bond donors (Lipinski definition) is 2. The van der Waals surface area contributed by atoms with Gasteiger partial charge in [0, 0.05) is 24.2 Å². The Balaban J connectivity index is 2.01. The minimum Gasteiger partial charge on any atom is -0.381 e. The number of nitrogens with one attached hydrogen (secondary N) is 1. The van der Waals surface area contributed by atoms with Crippen molar-refractivity contribution in [3.8, 4) is 0 Å². The highest BCUT2D eigenvalue weighted by atomic mass is 35.5. The number of hydrogen-bond acceptors (Lipinski definition) is 3. The number of carbonyl (C=O) groups excluding carboxylic acids is 1. The highest BCUT2D eigenvalue weighted by Gasteiger charge is 2.23. The Morgan fingerprint density at radius 3 is 2.84 bits per heavy atom. The van der Waals surface area contributed by atoms with Crippen molar-refractivity contribution in [2.75, 3.05) is 13.2 Å². The number of amides is 1. The number of halogens is 1.